The fraction of sp³-hybridized carbons (Fsp3) is 0.318. The number of benzene rings is 1. The maximum atomic E-state index is 13.1. The Morgan fingerprint density at radius 3 is 2.59 bits per heavy atom. The number of fused-ring (bicyclic) bond motifs is 1. The van der Waals surface area contributed by atoms with Crippen LogP contribution in [-0.2, 0) is 26.6 Å². The van der Waals surface area contributed by atoms with Gasteiger partial charge in [0.1, 0.15) is 11.3 Å². The van der Waals surface area contributed by atoms with Crippen molar-refractivity contribution in [2.75, 3.05) is 0 Å². The summed E-state index contributed by atoms with van der Waals surface area (Å²) in [5, 5.41) is 3.88. The molecule has 0 aliphatic heterocycles. The molecule has 29 heavy (non-hydrogen) atoms. The molecule has 0 aliphatic carbocycles. The van der Waals surface area contributed by atoms with Crippen molar-refractivity contribution in [3.63, 3.8) is 0 Å². The van der Waals surface area contributed by atoms with Crippen molar-refractivity contribution < 1.29 is 4.52 Å². The van der Waals surface area contributed by atoms with Gasteiger partial charge >= 0.3 is 5.69 Å². The van der Waals surface area contributed by atoms with Gasteiger partial charge in [0.2, 0.25) is 0 Å². The van der Waals surface area contributed by atoms with Crippen LogP contribution in [0.3, 0.4) is 0 Å². The fourth-order valence-electron chi connectivity index (χ4n) is 3.68. The molecule has 7 heteroatoms. The predicted molar refractivity (Wildman–Crippen MR) is 111 cm³/mol. The number of aryl methyl sites for hydroxylation is 3. The first-order valence-corrected chi connectivity index (χ1v) is 9.79. The second-order valence-electron chi connectivity index (χ2n) is 7.35. The highest BCUT2D eigenvalue weighted by atomic mass is 16.5. The average molecular weight is 392 g/mol. The number of unbranched alkanes of at least 4 members (excludes halogenated alkanes) is 1. The Balaban J connectivity index is 1.59. The highest BCUT2D eigenvalue weighted by molar-refractivity contribution is 5.75. The van der Waals surface area contributed by atoms with E-state index in [1.807, 2.05) is 60.2 Å². The average Bonchev–Trinajstić information content (AvgIpc) is 3.33. The summed E-state index contributed by atoms with van der Waals surface area (Å²) in [4.78, 5) is 25.9. The molecular weight excluding hydrogens is 368 g/mol. The van der Waals surface area contributed by atoms with E-state index in [1.54, 1.807) is 11.6 Å². The topological polar surface area (TPSA) is 75.0 Å². The molecule has 4 rings (SSSR count). The molecule has 0 N–H and O–H groups in total. The van der Waals surface area contributed by atoms with Gasteiger partial charge in [-0.25, -0.2) is 4.79 Å². The van der Waals surface area contributed by atoms with Gasteiger partial charge in [0.05, 0.1) is 11.2 Å². The van der Waals surface area contributed by atoms with E-state index < -0.39 is 0 Å². The first kappa shape index (κ1) is 19.0. The summed E-state index contributed by atoms with van der Waals surface area (Å²) >= 11 is 0. The molecule has 0 saturated carbocycles. The minimum atomic E-state index is -0.282. The Kier molecular flexibility index (Phi) is 5.20. The number of hydrogen-bond donors (Lipinski definition) is 0. The minimum Gasteiger partial charge on any atom is -0.361 e. The maximum Gasteiger partial charge on any atom is 0.331 e. The highest BCUT2D eigenvalue weighted by Crippen LogP contribution is 2.13. The van der Waals surface area contributed by atoms with E-state index in [-0.39, 0.29) is 11.2 Å². The van der Waals surface area contributed by atoms with Gasteiger partial charge in [0.25, 0.3) is 5.56 Å². The number of aromatic nitrogens is 4. The summed E-state index contributed by atoms with van der Waals surface area (Å²) < 4.78 is 10.0. The molecule has 0 bridgehead atoms. The van der Waals surface area contributed by atoms with Crippen LogP contribution in [0, 0.1) is 6.92 Å². The molecule has 0 atom stereocenters. The second kappa shape index (κ2) is 7.95. The van der Waals surface area contributed by atoms with Crippen LogP contribution < -0.4 is 11.2 Å². The molecule has 0 amide bonds. The molecule has 150 valence electrons. The maximum absolute atomic E-state index is 13.1. The SMILES string of the molecule is Cc1cc(CCCCn2c(=O)c3c(ccn3Cc3ccccc3)n(C)c2=O)on1. The van der Waals surface area contributed by atoms with Gasteiger partial charge in [-0.15, -0.1) is 0 Å². The third-order valence-corrected chi connectivity index (χ3v) is 5.20. The summed E-state index contributed by atoms with van der Waals surface area (Å²) in [5.41, 5.74) is 2.66. The van der Waals surface area contributed by atoms with E-state index in [4.69, 9.17) is 4.52 Å². The molecule has 4 aromatic rings. The molecule has 3 aromatic heterocycles. The summed E-state index contributed by atoms with van der Waals surface area (Å²) in [6, 6.07) is 13.7. The molecule has 0 spiro atoms. The highest BCUT2D eigenvalue weighted by Gasteiger charge is 2.15. The molecule has 3 heterocycles. The van der Waals surface area contributed by atoms with Gasteiger partial charge in [-0.05, 0) is 31.4 Å². The monoisotopic (exact) mass is 392 g/mol. The van der Waals surface area contributed by atoms with Crippen LogP contribution in [0.15, 0.2) is 62.8 Å². The van der Waals surface area contributed by atoms with Crippen molar-refractivity contribution in [2.45, 2.75) is 39.3 Å². The van der Waals surface area contributed by atoms with Crippen molar-refractivity contribution >= 4 is 11.0 Å². The molecule has 1 aromatic carbocycles. The predicted octanol–water partition coefficient (Wildman–Crippen LogP) is 2.87. The van der Waals surface area contributed by atoms with Gasteiger partial charge in [0.15, 0.2) is 0 Å². The quantitative estimate of drug-likeness (QED) is 0.453. The van der Waals surface area contributed by atoms with Gasteiger partial charge in [-0.1, -0.05) is 35.5 Å². The molecule has 0 radical (unpaired) electrons. The van der Waals surface area contributed by atoms with Crippen LogP contribution >= 0.6 is 0 Å². The first-order valence-electron chi connectivity index (χ1n) is 9.79. The molecule has 0 fully saturated rings. The summed E-state index contributed by atoms with van der Waals surface area (Å²) in [5.74, 6) is 0.829. The lowest BCUT2D eigenvalue weighted by molar-refractivity contribution is 0.374. The van der Waals surface area contributed by atoms with Crippen molar-refractivity contribution in [3.05, 3.63) is 86.5 Å². The van der Waals surface area contributed by atoms with E-state index in [0.29, 0.717) is 30.5 Å². The van der Waals surface area contributed by atoms with E-state index in [2.05, 4.69) is 5.16 Å². The third kappa shape index (κ3) is 3.81. The van der Waals surface area contributed by atoms with E-state index >= 15 is 0 Å². The Hall–Kier alpha value is -3.35. The van der Waals surface area contributed by atoms with Crippen molar-refractivity contribution in [2.24, 2.45) is 7.05 Å². The van der Waals surface area contributed by atoms with Crippen LogP contribution in [0.2, 0.25) is 0 Å². The normalized spacial score (nSPS) is 11.4. The fourth-order valence-corrected chi connectivity index (χ4v) is 3.68. The molecule has 7 nitrogen and oxygen atoms in total. The third-order valence-electron chi connectivity index (χ3n) is 5.20. The Labute approximate surface area is 167 Å². The first-order chi connectivity index (χ1) is 14.0. The Morgan fingerprint density at radius 1 is 1.07 bits per heavy atom. The van der Waals surface area contributed by atoms with E-state index in [0.717, 1.165) is 29.9 Å². The van der Waals surface area contributed by atoms with E-state index in [9.17, 15) is 9.59 Å². The summed E-state index contributed by atoms with van der Waals surface area (Å²) in [6.45, 7) is 2.85. The van der Waals surface area contributed by atoms with Gasteiger partial charge in [-0.3, -0.25) is 13.9 Å². The lowest BCUT2D eigenvalue weighted by Crippen LogP contribution is -2.39. The molecule has 0 unspecified atom stereocenters. The lowest BCUT2D eigenvalue weighted by Gasteiger charge is -2.11. The standard InChI is InChI=1S/C22H24N4O3/c1-16-14-18(29-23-16)10-6-7-12-26-21(27)20-19(24(2)22(26)28)11-13-25(20)15-17-8-4-3-5-9-17/h3-5,8-9,11,13-14H,6-7,10,12,15H2,1-2H3. The minimum absolute atomic E-state index is 0.237. The van der Waals surface area contributed by atoms with Crippen LogP contribution in [-0.4, -0.2) is 18.9 Å². The number of nitrogens with zero attached hydrogens (tertiary/aromatic N) is 4. The van der Waals surface area contributed by atoms with Gasteiger partial charge in [-0.2, -0.15) is 0 Å². The molecule has 0 saturated heterocycles. The molecule has 0 aliphatic rings. The smallest absolute Gasteiger partial charge is 0.331 e. The van der Waals surface area contributed by atoms with Crippen LogP contribution in [0.5, 0.6) is 0 Å². The number of rotatable bonds is 7. The van der Waals surface area contributed by atoms with Crippen molar-refractivity contribution in [1.82, 2.24) is 18.9 Å². The van der Waals surface area contributed by atoms with Crippen LogP contribution in [0.4, 0.5) is 0 Å². The zero-order valence-corrected chi connectivity index (χ0v) is 16.7. The number of hydrogen-bond acceptors (Lipinski definition) is 4. The van der Waals surface area contributed by atoms with Crippen molar-refractivity contribution in [1.29, 1.82) is 0 Å². The van der Waals surface area contributed by atoms with Gasteiger partial charge < -0.3 is 9.09 Å². The zero-order chi connectivity index (χ0) is 20.4. The van der Waals surface area contributed by atoms with Crippen molar-refractivity contribution in [3.8, 4) is 0 Å². The van der Waals surface area contributed by atoms with Gasteiger partial charge in [0, 0.05) is 38.8 Å². The van der Waals surface area contributed by atoms with Crippen LogP contribution in [0.25, 0.3) is 11.0 Å². The summed E-state index contributed by atoms with van der Waals surface area (Å²) in [6.07, 6.45) is 4.13. The Bertz CT molecular complexity index is 1240. The largest absolute Gasteiger partial charge is 0.361 e. The van der Waals surface area contributed by atoms with E-state index in [1.165, 1.54) is 4.57 Å². The molecular formula is C22H24N4O3. The zero-order valence-electron chi connectivity index (χ0n) is 16.7. The lowest BCUT2D eigenvalue weighted by atomic mass is 10.2. The Morgan fingerprint density at radius 2 is 1.86 bits per heavy atom. The summed E-state index contributed by atoms with van der Waals surface area (Å²) in [7, 11) is 1.71. The second-order valence-corrected chi connectivity index (χ2v) is 7.35. The van der Waals surface area contributed by atoms with Crippen LogP contribution in [0.1, 0.15) is 29.9 Å².